The summed E-state index contributed by atoms with van der Waals surface area (Å²) < 4.78 is 24.6. The molecule has 102 valence electrons. The maximum atomic E-state index is 14.2. The molecule has 0 unspecified atom stereocenters. The number of rotatable bonds is 4. The molecule has 1 aromatic rings. The topological polar surface area (TPSA) is 38.7 Å². The van der Waals surface area contributed by atoms with Crippen LogP contribution in [0.2, 0.25) is 0 Å². The monoisotopic (exact) mass is 256 g/mol. The zero-order valence-electron chi connectivity index (χ0n) is 11.8. The lowest BCUT2D eigenvalue weighted by Crippen LogP contribution is -2.20. The molecule has 0 spiro atoms. The molecule has 18 heavy (non-hydrogen) atoms. The third kappa shape index (κ3) is 2.93. The van der Waals surface area contributed by atoms with Crippen molar-refractivity contribution in [2.24, 2.45) is 0 Å². The van der Waals surface area contributed by atoms with Crippen LogP contribution in [0.5, 0.6) is 11.5 Å². The van der Waals surface area contributed by atoms with E-state index in [0.29, 0.717) is 22.6 Å². The van der Waals surface area contributed by atoms with Crippen LogP contribution >= 0.6 is 0 Å². The summed E-state index contributed by atoms with van der Waals surface area (Å²) >= 11 is 0. The Kier molecular flexibility index (Phi) is 3.91. The minimum absolute atomic E-state index is 0.392. The molecule has 0 heterocycles. The smallest absolute Gasteiger partial charge is 0.134 e. The second-order valence-corrected chi connectivity index (χ2v) is 5.28. The molecule has 4 heteroatoms. The summed E-state index contributed by atoms with van der Waals surface area (Å²) in [4.78, 5) is 0. The largest absolute Gasteiger partial charge is 0.496 e. The number of aliphatic hydroxyl groups is 1. The molecule has 3 nitrogen and oxygen atoms in total. The average Bonchev–Trinajstić information content (AvgIpc) is 2.24. The van der Waals surface area contributed by atoms with Crippen LogP contribution in [0.4, 0.5) is 4.39 Å². The van der Waals surface area contributed by atoms with Crippen LogP contribution < -0.4 is 9.47 Å². The Morgan fingerprint density at radius 3 is 1.72 bits per heavy atom. The van der Waals surface area contributed by atoms with Gasteiger partial charge in [-0.25, -0.2) is 4.39 Å². The summed E-state index contributed by atoms with van der Waals surface area (Å²) in [7, 11) is 2.98. The lowest BCUT2D eigenvalue weighted by atomic mass is 9.90. The van der Waals surface area contributed by atoms with Gasteiger partial charge in [0.25, 0.3) is 0 Å². The van der Waals surface area contributed by atoms with Gasteiger partial charge in [0.2, 0.25) is 0 Å². The molecular weight excluding hydrogens is 235 g/mol. The highest BCUT2D eigenvalue weighted by molar-refractivity contribution is 5.50. The van der Waals surface area contributed by atoms with Gasteiger partial charge in [0.05, 0.1) is 19.8 Å². The van der Waals surface area contributed by atoms with Crippen LogP contribution in [0.15, 0.2) is 12.1 Å². The third-order valence-corrected chi connectivity index (χ3v) is 2.82. The average molecular weight is 256 g/mol. The highest BCUT2D eigenvalue weighted by Crippen LogP contribution is 2.40. The molecule has 0 radical (unpaired) electrons. The van der Waals surface area contributed by atoms with Gasteiger partial charge in [-0.1, -0.05) is 0 Å². The van der Waals surface area contributed by atoms with Gasteiger partial charge in [0, 0.05) is 17.2 Å². The first-order valence-electron chi connectivity index (χ1n) is 5.79. The Morgan fingerprint density at radius 2 is 1.39 bits per heavy atom. The van der Waals surface area contributed by atoms with Crippen molar-refractivity contribution in [3.8, 4) is 11.5 Å². The van der Waals surface area contributed by atoms with E-state index in [0.717, 1.165) is 0 Å². The van der Waals surface area contributed by atoms with Crippen molar-refractivity contribution in [1.82, 2.24) is 0 Å². The SMILES string of the molecule is COc1cc(OC)c(C(C)(C)F)cc1C(C)(C)O. The number of alkyl halides is 1. The minimum atomic E-state index is -1.56. The molecule has 0 saturated carbocycles. The molecule has 0 aliphatic rings. The molecule has 0 bridgehead atoms. The summed E-state index contributed by atoms with van der Waals surface area (Å²) in [6.07, 6.45) is 0. The van der Waals surface area contributed by atoms with Gasteiger partial charge in [0.15, 0.2) is 0 Å². The Labute approximate surface area is 108 Å². The molecule has 0 amide bonds. The quantitative estimate of drug-likeness (QED) is 0.899. The van der Waals surface area contributed by atoms with E-state index in [1.54, 1.807) is 26.0 Å². The number of hydrogen-bond acceptors (Lipinski definition) is 3. The fourth-order valence-corrected chi connectivity index (χ4v) is 1.84. The lowest BCUT2D eigenvalue weighted by molar-refractivity contribution is 0.0751. The van der Waals surface area contributed by atoms with E-state index in [1.165, 1.54) is 28.1 Å². The normalized spacial score (nSPS) is 12.4. The molecule has 1 aromatic carbocycles. The Bertz CT molecular complexity index is 391. The van der Waals surface area contributed by atoms with Gasteiger partial charge in [-0.15, -0.1) is 0 Å². The van der Waals surface area contributed by atoms with Crippen molar-refractivity contribution in [2.75, 3.05) is 14.2 Å². The Hall–Kier alpha value is -1.29. The van der Waals surface area contributed by atoms with Crippen molar-refractivity contribution < 1.29 is 19.0 Å². The first-order valence-corrected chi connectivity index (χ1v) is 5.79. The molecule has 0 atom stereocenters. The molecule has 0 aromatic heterocycles. The van der Waals surface area contributed by atoms with Gasteiger partial charge in [-0.3, -0.25) is 0 Å². The van der Waals surface area contributed by atoms with Gasteiger partial charge < -0.3 is 14.6 Å². The minimum Gasteiger partial charge on any atom is -0.496 e. The van der Waals surface area contributed by atoms with Crippen molar-refractivity contribution >= 4 is 0 Å². The van der Waals surface area contributed by atoms with Crippen molar-refractivity contribution in [3.63, 3.8) is 0 Å². The van der Waals surface area contributed by atoms with E-state index >= 15 is 0 Å². The van der Waals surface area contributed by atoms with E-state index in [2.05, 4.69) is 0 Å². The first-order chi connectivity index (χ1) is 8.11. The number of methoxy groups -OCH3 is 2. The molecular formula is C14H21FO3. The van der Waals surface area contributed by atoms with Gasteiger partial charge in [-0.05, 0) is 33.8 Å². The van der Waals surface area contributed by atoms with Crippen molar-refractivity contribution in [3.05, 3.63) is 23.3 Å². The van der Waals surface area contributed by atoms with E-state index in [4.69, 9.17) is 9.47 Å². The van der Waals surface area contributed by atoms with Crippen LogP contribution in [-0.4, -0.2) is 19.3 Å². The van der Waals surface area contributed by atoms with Crippen molar-refractivity contribution in [1.29, 1.82) is 0 Å². The van der Waals surface area contributed by atoms with Crippen LogP contribution in [0.3, 0.4) is 0 Å². The zero-order valence-corrected chi connectivity index (χ0v) is 11.8. The first kappa shape index (κ1) is 14.8. The Balaban J connectivity index is 3.55. The van der Waals surface area contributed by atoms with Crippen molar-refractivity contribution in [2.45, 2.75) is 39.0 Å². The highest BCUT2D eigenvalue weighted by Gasteiger charge is 2.29. The summed E-state index contributed by atoms with van der Waals surface area (Å²) in [6, 6.07) is 3.20. The second kappa shape index (κ2) is 4.76. The number of ether oxygens (including phenoxy) is 2. The van der Waals surface area contributed by atoms with Gasteiger partial charge in [-0.2, -0.15) is 0 Å². The maximum absolute atomic E-state index is 14.2. The summed E-state index contributed by atoms with van der Waals surface area (Å²) in [5.41, 5.74) is -1.75. The Morgan fingerprint density at radius 1 is 0.944 bits per heavy atom. The fraction of sp³-hybridized carbons (Fsp3) is 0.571. The molecule has 0 saturated heterocycles. The third-order valence-electron chi connectivity index (χ3n) is 2.82. The lowest BCUT2D eigenvalue weighted by Gasteiger charge is -2.26. The van der Waals surface area contributed by atoms with Gasteiger partial charge >= 0.3 is 0 Å². The number of benzene rings is 1. The summed E-state index contributed by atoms with van der Waals surface area (Å²) in [6.45, 7) is 6.16. The van der Waals surface area contributed by atoms with E-state index in [-0.39, 0.29) is 0 Å². The standard InChI is InChI=1S/C14H21FO3/c1-13(2,15)9-7-10(14(3,4)16)12(18-6)8-11(9)17-5/h7-8,16H,1-6H3. The summed E-state index contributed by atoms with van der Waals surface area (Å²) in [5, 5.41) is 10.1. The van der Waals surface area contributed by atoms with E-state index in [1.807, 2.05) is 0 Å². The molecule has 0 fully saturated rings. The zero-order chi connectivity index (χ0) is 14.1. The fourth-order valence-electron chi connectivity index (χ4n) is 1.84. The van der Waals surface area contributed by atoms with E-state index in [9.17, 15) is 9.50 Å². The second-order valence-electron chi connectivity index (χ2n) is 5.28. The predicted molar refractivity (Wildman–Crippen MR) is 68.9 cm³/mol. The van der Waals surface area contributed by atoms with Crippen LogP contribution in [0.1, 0.15) is 38.8 Å². The van der Waals surface area contributed by atoms with Gasteiger partial charge in [0.1, 0.15) is 17.2 Å². The van der Waals surface area contributed by atoms with E-state index < -0.39 is 11.3 Å². The molecule has 1 rings (SSSR count). The maximum Gasteiger partial charge on any atom is 0.134 e. The molecule has 0 aliphatic heterocycles. The number of halogens is 1. The summed E-state index contributed by atoms with van der Waals surface area (Å²) in [5.74, 6) is 0.889. The molecule has 1 N–H and O–H groups in total. The van der Waals surface area contributed by atoms with Crippen LogP contribution in [0, 0.1) is 0 Å². The van der Waals surface area contributed by atoms with Crippen LogP contribution in [0.25, 0.3) is 0 Å². The number of hydrogen-bond donors (Lipinski definition) is 1. The van der Waals surface area contributed by atoms with Crippen LogP contribution in [-0.2, 0) is 11.3 Å². The predicted octanol–water partition coefficient (Wildman–Crippen LogP) is 3.14. The molecule has 0 aliphatic carbocycles. The highest BCUT2D eigenvalue weighted by atomic mass is 19.1.